The van der Waals surface area contributed by atoms with Crippen molar-refractivity contribution in [2.45, 2.75) is 64.7 Å². The van der Waals surface area contributed by atoms with E-state index in [1.807, 2.05) is 0 Å². The van der Waals surface area contributed by atoms with Crippen LogP contribution < -0.4 is 0 Å². The van der Waals surface area contributed by atoms with Gasteiger partial charge in [0, 0.05) is 0 Å². The highest BCUT2D eigenvalue weighted by Crippen LogP contribution is 2.26. The van der Waals surface area contributed by atoms with Crippen molar-refractivity contribution in [1.82, 2.24) is 0 Å². The zero-order valence-corrected chi connectivity index (χ0v) is 11.0. The van der Waals surface area contributed by atoms with Crippen LogP contribution in [0.15, 0.2) is 24.8 Å². The van der Waals surface area contributed by atoms with E-state index in [-0.39, 0.29) is 0 Å². The maximum atomic E-state index is 3.87. The van der Waals surface area contributed by atoms with Crippen molar-refractivity contribution >= 4 is 0 Å². The molecular formula is C16H28. The lowest BCUT2D eigenvalue weighted by molar-refractivity contribution is 0.416. The zero-order chi connectivity index (χ0) is 11.6. The minimum atomic E-state index is 0.749. The van der Waals surface area contributed by atoms with Gasteiger partial charge < -0.3 is 0 Å². The Balaban J connectivity index is 2.32. The summed E-state index contributed by atoms with van der Waals surface area (Å²) in [5, 5.41) is 0. The van der Waals surface area contributed by atoms with Crippen LogP contribution in [-0.4, -0.2) is 0 Å². The highest BCUT2D eigenvalue weighted by molar-refractivity contribution is 4.95. The van der Waals surface area contributed by atoms with E-state index >= 15 is 0 Å². The van der Waals surface area contributed by atoms with E-state index in [1.165, 1.54) is 51.4 Å². The van der Waals surface area contributed by atoms with E-state index in [0.29, 0.717) is 0 Å². The van der Waals surface area contributed by atoms with E-state index in [1.54, 1.807) is 0 Å². The number of unbranched alkanes of at least 4 members (excludes halogenated alkanes) is 1. The lowest BCUT2D eigenvalue weighted by atomic mass is 9.87. The predicted molar refractivity (Wildman–Crippen MR) is 73.5 cm³/mol. The van der Waals surface area contributed by atoms with Crippen LogP contribution in [-0.2, 0) is 0 Å². The van der Waals surface area contributed by atoms with Crippen molar-refractivity contribution in [1.29, 1.82) is 0 Å². The van der Waals surface area contributed by atoms with Crippen molar-refractivity contribution in [3.63, 3.8) is 0 Å². The summed E-state index contributed by atoms with van der Waals surface area (Å²) < 4.78 is 0. The monoisotopic (exact) mass is 220 g/mol. The van der Waals surface area contributed by atoms with Gasteiger partial charge in [-0.15, -0.1) is 6.58 Å². The highest BCUT2D eigenvalue weighted by Gasteiger charge is 2.10. The van der Waals surface area contributed by atoms with Crippen LogP contribution in [0.25, 0.3) is 0 Å². The van der Waals surface area contributed by atoms with Crippen LogP contribution in [0.2, 0.25) is 0 Å². The van der Waals surface area contributed by atoms with Gasteiger partial charge in [0.25, 0.3) is 0 Å². The quantitative estimate of drug-likeness (QED) is 0.497. The molecule has 1 unspecified atom stereocenters. The molecule has 1 saturated carbocycles. The second-order valence-corrected chi connectivity index (χ2v) is 5.21. The second-order valence-electron chi connectivity index (χ2n) is 5.21. The molecule has 1 aliphatic rings. The van der Waals surface area contributed by atoms with Gasteiger partial charge in [-0.2, -0.15) is 0 Å². The average molecular weight is 220 g/mol. The fourth-order valence-corrected chi connectivity index (χ4v) is 2.61. The van der Waals surface area contributed by atoms with Gasteiger partial charge in [0.05, 0.1) is 0 Å². The first-order valence-corrected chi connectivity index (χ1v) is 7.16. The summed E-state index contributed by atoms with van der Waals surface area (Å²) in [5.74, 6) is 1.63. The first-order chi connectivity index (χ1) is 7.86. The van der Waals surface area contributed by atoms with E-state index in [2.05, 4.69) is 31.7 Å². The molecule has 0 radical (unpaired) electrons. The molecule has 16 heavy (non-hydrogen) atoms. The smallest absolute Gasteiger partial charge is 0.0199 e. The summed E-state index contributed by atoms with van der Waals surface area (Å²) in [5.41, 5.74) is 0. The van der Waals surface area contributed by atoms with Crippen molar-refractivity contribution in [3.05, 3.63) is 24.8 Å². The average Bonchev–Trinajstić information content (AvgIpc) is 2.34. The first-order valence-electron chi connectivity index (χ1n) is 7.16. The first kappa shape index (κ1) is 13.5. The van der Waals surface area contributed by atoms with E-state index in [9.17, 15) is 0 Å². The Bertz CT molecular complexity index is 196. The molecule has 1 atom stereocenters. The van der Waals surface area contributed by atoms with Gasteiger partial charge in [0.15, 0.2) is 0 Å². The van der Waals surface area contributed by atoms with Crippen LogP contribution in [0.5, 0.6) is 0 Å². The molecule has 0 bridgehead atoms. The molecule has 0 aromatic heterocycles. The molecule has 0 nitrogen and oxygen atoms in total. The minimum Gasteiger partial charge on any atom is -0.103 e. The fraction of sp³-hybridized carbons (Fsp3) is 0.750. The highest BCUT2D eigenvalue weighted by atomic mass is 14.2. The standard InChI is InChI=1S/C16H28/c1-3-5-10-15(9-4-2)13-14-16-11-7-6-8-12-16/h4,13-16H,2-3,5-12H2,1H3/b14-13+. The van der Waals surface area contributed by atoms with Gasteiger partial charge in [0.2, 0.25) is 0 Å². The Morgan fingerprint density at radius 2 is 2.00 bits per heavy atom. The van der Waals surface area contributed by atoms with Crippen LogP contribution in [0.1, 0.15) is 64.7 Å². The lowest BCUT2D eigenvalue weighted by Crippen LogP contribution is -2.04. The maximum Gasteiger partial charge on any atom is -0.0199 e. The largest absolute Gasteiger partial charge is 0.103 e. The van der Waals surface area contributed by atoms with Gasteiger partial charge >= 0.3 is 0 Å². The molecule has 0 N–H and O–H groups in total. The SMILES string of the molecule is C=CCC(/C=C/C1CCCCC1)CCCC. The molecule has 92 valence electrons. The topological polar surface area (TPSA) is 0 Å². The van der Waals surface area contributed by atoms with Gasteiger partial charge in [-0.3, -0.25) is 0 Å². The van der Waals surface area contributed by atoms with Crippen LogP contribution in [0.3, 0.4) is 0 Å². The van der Waals surface area contributed by atoms with Crippen LogP contribution in [0, 0.1) is 11.8 Å². The summed E-state index contributed by atoms with van der Waals surface area (Å²) >= 11 is 0. The second kappa shape index (κ2) is 8.61. The number of hydrogen-bond acceptors (Lipinski definition) is 0. The van der Waals surface area contributed by atoms with Crippen molar-refractivity contribution in [3.8, 4) is 0 Å². The minimum absolute atomic E-state index is 0.749. The van der Waals surface area contributed by atoms with Gasteiger partial charge in [-0.05, 0) is 37.5 Å². The molecule has 0 heterocycles. The van der Waals surface area contributed by atoms with E-state index in [4.69, 9.17) is 0 Å². The van der Waals surface area contributed by atoms with Gasteiger partial charge in [0.1, 0.15) is 0 Å². The zero-order valence-electron chi connectivity index (χ0n) is 11.0. The Morgan fingerprint density at radius 1 is 1.25 bits per heavy atom. The third kappa shape index (κ3) is 5.53. The normalized spacial score (nSPS) is 20.1. The summed E-state index contributed by atoms with van der Waals surface area (Å²) in [4.78, 5) is 0. The Labute approximate surface area is 102 Å². The third-order valence-electron chi connectivity index (χ3n) is 3.70. The number of allylic oxidation sites excluding steroid dienone is 3. The third-order valence-corrected chi connectivity index (χ3v) is 3.70. The van der Waals surface area contributed by atoms with Crippen molar-refractivity contribution in [2.24, 2.45) is 11.8 Å². The lowest BCUT2D eigenvalue weighted by Gasteiger charge is -2.19. The van der Waals surface area contributed by atoms with Gasteiger partial charge in [-0.25, -0.2) is 0 Å². The fourth-order valence-electron chi connectivity index (χ4n) is 2.61. The molecule has 0 aliphatic heterocycles. The Kier molecular flexibility index (Phi) is 7.29. The number of rotatable bonds is 7. The molecule has 0 amide bonds. The molecular weight excluding hydrogens is 192 g/mol. The molecule has 0 saturated heterocycles. The molecule has 0 spiro atoms. The predicted octanol–water partition coefficient (Wildman–Crippen LogP) is 5.51. The molecule has 0 aromatic rings. The summed E-state index contributed by atoms with van der Waals surface area (Å²) in [6, 6.07) is 0. The summed E-state index contributed by atoms with van der Waals surface area (Å²) in [7, 11) is 0. The molecule has 0 aromatic carbocycles. The maximum absolute atomic E-state index is 3.87. The molecule has 1 rings (SSSR count). The van der Waals surface area contributed by atoms with E-state index in [0.717, 1.165) is 18.3 Å². The Hall–Kier alpha value is -0.520. The molecule has 1 fully saturated rings. The van der Waals surface area contributed by atoms with Crippen LogP contribution in [0.4, 0.5) is 0 Å². The Morgan fingerprint density at radius 3 is 2.62 bits per heavy atom. The van der Waals surface area contributed by atoms with E-state index < -0.39 is 0 Å². The van der Waals surface area contributed by atoms with Crippen LogP contribution >= 0.6 is 0 Å². The summed E-state index contributed by atoms with van der Waals surface area (Å²) in [6.45, 7) is 6.14. The molecule has 0 heteroatoms. The van der Waals surface area contributed by atoms with Gasteiger partial charge in [-0.1, -0.05) is 57.3 Å². The number of hydrogen-bond donors (Lipinski definition) is 0. The van der Waals surface area contributed by atoms with Crippen molar-refractivity contribution in [2.75, 3.05) is 0 Å². The van der Waals surface area contributed by atoms with Crippen molar-refractivity contribution < 1.29 is 0 Å². The summed E-state index contributed by atoms with van der Waals surface area (Å²) in [6.07, 6.45) is 19.4. The molecule has 1 aliphatic carbocycles.